The first-order valence-electron chi connectivity index (χ1n) is 12.2. The van der Waals surface area contributed by atoms with Crippen LogP contribution in [0, 0.1) is 0 Å². The van der Waals surface area contributed by atoms with Crippen molar-refractivity contribution in [1.82, 2.24) is 9.21 Å². The van der Waals surface area contributed by atoms with Crippen LogP contribution in [0.4, 0.5) is 0 Å². The predicted octanol–water partition coefficient (Wildman–Crippen LogP) is 4.15. The molecule has 1 saturated heterocycles. The normalized spacial score (nSPS) is 14.7. The number of nitrogens with zero attached hydrogens (tertiary/aromatic N) is 2. The molecule has 3 aromatic rings. The van der Waals surface area contributed by atoms with Crippen LogP contribution in [0.15, 0.2) is 71.6 Å². The summed E-state index contributed by atoms with van der Waals surface area (Å²) in [6.07, 6.45) is 0.162. The van der Waals surface area contributed by atoms with E-state index in [1.165, 1.54) is 11.4 Å². The van der Waals surface area contributed by atoms with E-state index in [2.05, 4.69) is 4.90 Å². The molecule has 1 aliphatic heterocycles. The Morgan fingerprint density at radius 1 is 0.895 bits per heavy atom. The summed E-state index contributed by atoms with van der Waals surface area (Å²) >= 11 is 5.99. The summed E-state index contributed by atoms with van der Waals surface area (Å²) in [5.41, 5.74) is 2.73. The minimum atomic E-state index is -3.59. The van der Waals surface area contributed by atoms with Crippen molar-refractivity contribution in [2.75, 3.05) is 40.4 Å². The zero-order valence-electron chi connectivity index (χ0n) is 21.4. The molecule has 0 N–H and O–H groups in total. The molecule has 10 heteroatoms. The Bertz CT molecular complexity index is 1340. The van der Waals surface area contributed by atoms with Crippen LogP contribution >= 0.6 is 11.6 Å². The molecule has 3 aromatic carbocycles. The Morgan fingerprint density at radius 2 is 1.55 bits per heavy atom. The van der Waals surface area contributed by atoms with Gasteiger partial charge in [-0.2, -0.15) is 4.31 Å². The zero-order chi connectivity index (χ0) is 27.1. The van der Waals surface area contributed by atoms with Crippen LogP contribution in [-0.4, -0.2) is 64.0 Å². The summed E-state index contributed by atoms with van der Waals surface area (Å²) in [6, 6.07) is 19.6. The fourth-order valence-electron chi connectivity index (χ4n) is 4.25. The highest BCUT2D eigenvalue weighted by molar-refractivity contribution is 7.89. The number of hydrogen-bond acceptors (Lipinski definition) is 7. The van der Waals surface area contributed by atoms with Crippen molar-refractivity contribution >= 4 is 27.6 Å². The van der Waals surface area contributed by atoms with E-state index in [1.54, 1.807) is 31.4 Å². The van der Waals surface area contributed by atoms with E-state index in [4.69, 9.17) is 25.8 Å². The van der Waals surface area contributed by atoms with Gasteiger partial charge in [-0.25, -0.2) is 8.42 Å². The molecular formula is C28H31ClN2O6S. The van der Waals surface area contributed by atoms with Crippen molar-refractivity contribution in [3.8, 4) is 11.5 Å². The number of rotatable bonds is 10. The van der Waals surface area contributed by atoms with Gasteiger partial charge < -0.3 is 14.2 Å². The first kappa shape index (κ1) is 27.9. The lowest BCUT2D eigenvalue weighted by Gasteiger charge is -2.34. The molecule has 0 amide bonds. The Morgan fingerprint density at radius 3 is 2.18 bits per heavy atom. The third-order valence-corrected chi connectivity index (χ3v) is 8.60. The number of benzene rings is 3. The number of carbonyl (C=O) groups is 1. The molecular weight excluding hydrogens is 528 g/mol. The summed E-state index contributed by atoms with van der Waals surface area (Å²) in [6.45, 7) is 2.80. The number of methoxy groups -OCH3 is 2. The third kappa shape index (κ3) is 7.05. The first-order valence-corrected chi connectivity index (χ1v) is 14.0. The van der Waals surface area contributed by atoms with E-state index in [0.717, 1.165) is 16.7 Å². The molecule has 0 saturated carbocycles. The number of esters is 1. The van der Waals surface area contributed by atoms with E-state index < -0.39 is 10.0 Å². The summed E-state index contributed by atoms with van der Waals surface area (Å²) in [7, 11) is -0.680. The number of sulfonamides is 1. The molecule has 1 fully saturated rings. The number of ether oxygens (including phenoxy) is 3. The molecule has 202 valence electrons. The molecule has 0 atom stereocenters. The van der Waals surface area contributed by atoms with Crippen LogP contribution in [0.2, 0.25) is 5.02 Å². The third-order valence-electron chi connectivity index (χ3n) is 6.43. The van der Waals surface area contributed by atoms with Gasteiger partial charge in [0.1, 0.15) is 18.1 Å². The lowest BCUT2D eigenvalue weighted by Crippen LogP contribution is -2.48. The van der Waals surface area contributed by atoms with Crippen molar-refractivity contribution in [3.05, 3.63) is 88.4 Å². The molecule has 0 bridgehead atoms. The highest BCUT2D eigenvalue weighted by Crippen LogP contribution is 2.26. The molecule has 1 heterocycles. The minimum Gasteiger partial charge on any atom is -0.497 e. The van der Waals surface area contributed by atoms with Gasteiger partial charge in [0.15, 0.2) is 0 Å². The van der Waals surface area contributed by atoms with Gasteiger partial charge in [-0.15, -0.1) is 0 Å². The van der Waals surface area contributed by atoms with Crippen LogP contribution in [0.25, 0.3) is 0 Å². The van der Waals surface area contributed by atoms with Crippen LogP contribution in [0.3, 0.4) is 0 Å². The van der Waals surface area contributed by atoms with Crippen molar-refractivity contribution < 1.29 is 27.4 Å². The average Bonchev–Trinajstić information content (AvgIpc) is 2.93. The van der Waals surface area contributed by atoms with Gasteiger partial charge in [0, 0.05) is 43.3 Å². The molecule has 0 unspecified atom stereocenters. The van der Waals surface area contributed by atoms with E-state index in [9.17, 15) is 13.2 Å². The predicted molar refractivity (Wildman–Crippen MR) is 145 cm³/mol. The molecule has 38 heavy (non-hydrogen) atoms. The second kappa shape index (κ2) is 12.6. The summed E-state index contributed by atoms with van der Waals surface area (Å²) in [5, 5.41) is 0.662. The summed E-state index contributed by atoms with van der Waals surface area (Å²) < 4.78 is 43.8. The molecule has 0 aliphatic carbocycles. The molecule has 8 nitrogen and oxygen atoms in total. The molecule has 4 rings (SSSR count). The second-order valence-electron chi connectivity index (χ2n) is 8.97. The van der Waals surface area contributed by atoms with E-state index >= 15 is 0 Å². The maximum atomic E-state index is 13.1. The summed E-state index contributed by atoms with van der Waals surface area (Å²) in [5.74, 6) is 1.00. The monoisotopic (exact) mass is 558 g/mol. The number of hydrogen-bond donors (Lipinski definition) is 0. The van der Waals surface area contributed by atoms with Crippen LogP contribution in [0.1, 0.15) is 16.7 Å². The molecule has 0 radical (unpaired) electrons. The summed E-state index contributed by atoms with van der Waals surface area (Å²) in [4.78, 5) is 14.3. The van der Waals surface area contributed by atoms with Crippen molar-refractivity contribution in [3.63, 3.8) is 0 Å². The van der Waals surface area contributed by atoms with Crippen molar-refractivity contribution in [2.24, 2.45) is 0 Å². The average molecular weight is 559 g/mol. The van der Waals surface area contributed by atoms with Crippen molar-refractivity contribution in [1.29, 1.82) is 0 Å². The highest BCUT2D eigenvalue weighted by atomic mass is 35.5. The molecule has 0 aromatic heterocycles. The fourth-order valence-corrected chi connectivity index (χ4v) is 5.80. The molecule has 0 spiro atoms. The Kier molecular flexibility index (Phi) is 9.27. The van der Waals surface area contributed by atoms with E-state index in [-0.39, 0.29) is 17.3 Å². The quantitative estimate of drug-likeness (QED) is 0.346. The van der Waals surface area contributed by atoms with E-state index in [1.807, 2.05) is 42.5 Å². The van der Waals surface area contributed by atoms with Crippen LogP contribution in [-0.2, 0) is 39.1 Å². The SMILES string of the molecule is COC(=O)Cc1ccc(OCc2ccc(Cl)cc2)c(CN2CCN(S(=O)(=O)c3ccc(OC)cc3)CC2)c1. The maximum Gasteiger partial charge on any atom is 0.309 e. The van der Waals surface area contributed by atoms with Gasteiger partial charge in [-0.1, -0.05) is 35.9 Å². The van der Waals surface area contributed by atoms with Gasteiger partial charge in [0.2, 0.25) is 10.0 Å². The highest BCUT2D eigenvalue weighted by Gasteiger charge is 2.29. The van der Waals surface area contributed by atoms with Gasteiger partial charge >= 0.3 is 5.97 Å². The zero-order valence-corrected chi connectivity index (χ0v) is 23.0. The van der Waals surface area contributed by atoms with Crippen molar-refractivity contribution in [2.45, 2.75) is 24.5 Å². The largest absolute Gasteiger partial charge is 0.497 e. The number of piperazine rings is 1. The number of halogens is 1. The van der Waals surface area contributed by atoms with Gasteiger partial charge in [0.25, 0.3) is 0 Å². The maximum absolute atomic E-state index is 13.1. The second-order valence-corrected chi connectivity index (χ2v) is 11.3. The van der Waals surface area contributed by atoms with Gasteiger partial charge in [-0.05, 0) is 53.6 Å². The van der Waals surface area contributed by atoms with E-state index in [0.29, 0.717) is 55.9 Å². The Labute approximate surface area is 228 Å². The lowest BCUT2D eigenvalue weighted by atomic mass is 10.1. The lowest BCUT2D eigenvalue weighted by molar-refractivity contribution is -0.139. The fraction of sp³-hybridized carbons (Fsp3) is 0.321. The Balaban J connectivity index is 1.44. The Hall–Kier alpha value is -3.11. The van der Waals surface area contributed by atoms with Gasteiger partial charge in [0.05, 0.1) is 25.5 Å². The number of carbonyl (C=O) groups excluding carboxylic acids is 1. The van der Waals surface area contributed by atoms with Crippen LogP contribution < -0.4 is 9.47 Å². The van der Waals surface area contributed by atoms with Crippen LogP contribution in [0.5, 0.6) is 11.5 Å². The standard InChI is InChI=1S/C28H31ClN2O6S/c1-35-25-8-10-26(11-9-25)38(33,34)31-15-13-30(14-16-31)19-23-17-22(18-28(32)36-2)5-12-27(23)37-20-21-3-6-24(29)7-4-21/h3-12,17H,13-16,18-20H2,1-2H3. The van der Waals surface area contributed by atoms with Gasteiger partial charge in [-0.3, -0.25) is 9.69 Å². The minimum absolute atomic E-state index is 0.162. The molecule has 1 aliphatic rings. The smallest absolute Gasteiger partial charge is 0.309 e. The first-order chi connectivity index (χ1) is 18.3. The topological polar surface area (TPSA) is 85.4 Å².